The van der Waals surface area contributed by atoms with Gasteiger partial charge in [0.2, 0.25) is 0 Å². The molecule has 20 heavy (non-hydrogen) atoms. The molecule has 0 spiro atoms. The van der Waals surface area contributed by atoms with Crippen molar-refractivity contribution in [2.24, 2.45) is 0 Å². The Labute approximate surface area is 128 Å². The van der Waals surface area contributed by atoms with Crippen LogP contribution in [0.15, 0.2) is 24.3 Å². The minimum atomic E-state index is -0.275. The zero-order valence-corrected chi connectivity index (χ0v) is 12.4. The molecule has 1 unspecified atom stereocenters. The third-order valence-electron chi connectivity index (χ3n) is 2.91. The van der Waals surface area contributed by atoms with E-state index >= 15 is 0 Å². The number of carbonyl (C=O) groups is 1. The topological polar surface area (TPSA) is 62.4 Å². The molecule has 0 aromatic heterocycles. The zero-order valence-electron chi connectivity index (χ0n) is 10.8. The van der Waals surface area contributed by atoms with Gasteiger partial charge < -0.3 is 10.1 Å². The van der Waals surface area contributed by atoms with Crippen molar-refractivity contribution in [3.05, 3.63) is 34.9 Å². The smallest absolute Gasteiger partial charge is 0.269 e. The fourth-order valence-electron chi connectivity index (χ4n) is 1.84. The first-order chi connectivity index (χ1) is 9.65. The molecule has 1 aromatic rings. The summed E-state index contributed by atoms with van der Waals surface area (Å²) in [7, 11) is 0. The molecule has 1 amide bonds. The van der Waals surface area contributed by atoms with E-state index in [-0.39, 0.29) is 12.0 Å². The molecule has 7 heteroatoms. The summed E-state index contributed by atoms with van der Waals surface area (Å²) in [4.78, 5) is 11.8. The minimum Gasteiger partial charge on any atom is -0.376 e. The van der Waals surface area contributed by atoms with Crippen molar-refractivity contribution in [2.45, 2.75) is 18.9 Å². The molecule has 0 bridgehead atoms. The number of rotatable bonds is 3. The highest BCUT2D eigenvalue weighted by atomic mass is 35.5. The SMILES string of the molecule is O=C(NNC(=S)NCC1CCCO1)c1ccc(Cl)cc1. The van der Waals surface area contributed by atoms with Gasteiger partial charge in [0.05, 0.1) is 6.10 Å². The third kappa shape index (κ3) is 4.63. The van der Waals surface area contributed by atoms with E-state index in [0.717, 1.165) is 19.4 Å². The van der Waals surface area contributed by atoms with Gasteiger partial charge in [-0.25, -0.2) is 0 Å². The number of halogens is 1. The first-order valence-corrected chi connectivity index (χ1v) is 7.15. The minimum absolute atomic E-state index is 0.196. The van der Waals surface area contributed by atoms with E-state index in [1.165, 1.54) is 0 Å². The van der Waals surface area contributed by atoms with Gasteiger partial charge in [0.15, 0.2) is 5.11 Å². The molecule has 0 aliphatic carbocycles. The highest BCUT2D eigenvalue weighted by molar-refractivity contribution is 7.80. The van der Waals surface area contributed by atoms with E-state index in [2.05, 4.69) is 16.2 Å². The lowest BCUT2D eigenvalue weighted by Crippen LogP contribution is -2.48. The van der Waals surface area contributed by atoms with Gasteiger partial charge in [-0.15, -0.1) is 0 Å². The van der Waals surface area contributed by atoms with Crippen molar-refractivity contribution >= 4 is 34.8 Å². The molecule has 3 N–H and O–H groups in total. The van der Waals surface area contributed by atoms with Crippen LogP contribution in [0.3, 0.4) is 0 Å². The molecule has 1 fully saturated rings. The lowest BCUT2D eigenvalue weighted by Gasteiger charge is -2.14. The van der Waals surface area contributed by atoms with E-state index in [1.54, 1.807) is 24.3 Å². The van der Waals surface area contributed by atoms with Gasteiger partial charge >= 0.3 is 0 Å². The van der Waals surface area contributed by atoms with Crippen LogP contribution in [0, 0.1) is 0 Å². The number of hydrogen-bond donors (Lipinski definition) is 3. The van der Waals surface area contributed by atoms with Crippen molar-refractivity contribution in [3.8, 4) is 0 Å². The van der Waals surface area contributed by atoms with Crippen LogP contribution in [-0.4, -0.2) is 30.3 Å². The van der Waals surface area contributed by atoms with Gasteiger partial charge in [0, 0.05) is 23.7 Å². The van der Waals surface area contributed by atoms with Crippen molar-refractivity contribution in [2.75, 3.05) is 13.2 Å². The quantitative estimate of drug-likeness (QED) is 0.585. The summed E-state index contributed by atoms with van der Waals surface area (Å²) in [5.41, 5.74) is 5.67. The molecule has 0 radical (unpaired) electrons. The fraction of sp³-hybridized carbons (Fsp3) is 0.385. The average molecular weight is 314 g/mol. The Hall–Kier alpha value is -1.37. The van der Waals surface area contributed by atoms with Crippen molar-refractivity contribution in [1.82, 2.24) is 16.2 Å². The Morgan fingerprint density at radius 1 is 1.35 bits per heavy atom. The first kappa shape index (κ1) is 15.0. The van der Waals surface area contributed by atoms with E-state index in [4.69, 9.17) is 28.6 Å². The fourth-order valence-corrected chi connectivity index (χ4v) is 2.10. The van der Waals surface area contributed by atoms with Crippen LogP contribution in [0.5, 0.6) is 0 Å². The van der Waals surface area contributed by atoms with Crippen LogP contribution in [0.25, 0.3) is 0 Å². The number of thiocarbonyl (C=S) groups is 1. The molecule has 5 nitrogen and oxygen atoms in total. The monoisotopic (exact) mass is 313 g/mol. The Morgan fingerprint density at radius 2 is 2.10 bits per heavy atom. The Balaban J connectivity index is 1.69. The maximum atomic E-state index is 11.8. The van der Waals surface area contributed by atoms with Crippen molar-refractivity contribution < 1.29 is 9.53 Å². The van der Waals surface area contributed by atoms with E-state index in [9.17, 15) is 4.79 Å². The van der Waals surface area contributed by atoms with Gasteiger partial charge in [-0.2, -0.15) is 0 Å². The molecule has 1 atom stereocenters. The van der Waals surface area contributed by atoms with Gasteiger partial charge in [-0.3, -0.25) is 15.6 Å². The van der Waals surface area contributed by atoms with Crippen LogP contribution >= 0.6 is 23.8 Å². The predicted molar refractivity (Wildman–Crippen MR) is 81.6 cm³/mol. The predicted octanol–water partition coefficient (Wildman–Crippen LogP) is 1.63. The highest BCUT2D eigenvalue weighted by Crippen LogP contribution is 2.10. The molecular formula is C13H16ClN3O2S. The van der Waals surface area contributed by atoms with Gasteiger partial charge in [0.25, 0.3) is 5.91 Å². The van der Waals surface area contributed by atoms with E-state index in [0.29, 0.717) is 22.2 Å². The van der Waals surface area contributed by atoms with Gasteiger partial charge in [-0.1, -0.05) is 11.6 Å². The van der Waals surface area contributed by atoms with Crippen LogP contribution in [-0.2, 0) is 4.74 Å². The number of hydrazine groups is 1. The van der Waals surface area contributed by atoms with Crippen LogP contribution in [0.1, 0.15) is 23.2 Å². The summed E-state index contributed by atoms with van der Waals surface area (Å²) in [6.07, 6.45) is 2.31. The Bertz CT molecular complexity index is 475. The number of benzene rings is 1. The number of hydrogen-bond acceptors (Lipinski definition) is 3. The standard InChI is InChI=1S/C13H16ClN3O2S/c14-10-5-3-9(4-6-10)12(18)16-17-13(20)15-8-11-2-1-7-19-11/h3-6,11H,1-2,7-8H2,(H,16,18)(H2,15,17,20). The van der Waals surface area contributed by atoms with Crippen molar-refractivity contribution in [1.29, 1.82) is 0 Å². The first-order valence-electron chi connectivity index (χ1n) is 6.36. The van der Waals surface area contributed by atoms with Crippen molar-refractivity contribution in [3.63, 3.8) is 0 Å². The molecule has 1 heterocycles. The number of carbonyl (C=O) groups excluding carboxylic acids is 1. The molecular weight excluding hydrogens is 298 g/mol. The molecule has 108 valence electrons. The normalized spacial score (nSPS) is 17.6. The molecule has 0 saturated carbocycles. The molecule has 1 aromatic carbocycles. The molecule has 1 aliphatic heterocycles. The zero-order chi connectivity index (χ0) is 14.4. The molecule has 1 saturated heterocycles. The summed E-state index contributed by atoms with van der Waals surface area (Å²) in [6.45, 7) is 1.45. The maximum absolute atomic E-state index is 11.8. The highest BCUT2D eigenvalue weighted by Gasteiger charge is 2.15. The second-order valence-corrected chi connectivity index (χ2v) is 5.28. The molecule has 1 aliphatic rings. The number of amides is 1. The van der Waals surface area contributed by atoms with Gasteiger partial charge in [0.1, 0.15) is 0 Å². The third-order valence-corrected chi connectivity index (χ3v) is 3.41. The van der Waals surface area contributed by atoms with Crippen LogP contribution in [0.4, 0.5) is 0 Å². The second kappa shape index (κ2) is 7.42. The lowest BCUT2D eigenvalue weighted by molar-refractivity contribution is 0.0943. The summed E-state index contributed by atoms with van der Waals surface area (Å²) in [5, 5.41) is 3.95. The summed E-state index contributed by atoms with van der Waals surface area (Å²) in [5.74, 6) is -0.275. The number of ether oxygens (including phenoxy) is 1. The van der Waals surface area contributed by atoms with Gasteiger partial charge in [-0.05, 0) is 49.3 Å². The Morgan fingerprint density at radius 3 is 2.75 bits per heavy atom. The largest absolute Gasteiger partial charge is 0.376 e. The van der Waals surface area contributed by atoms with Crippen LogP contribution < -0.4 is 16.2 Å². The summed E-state index contributed by atoms with van der Waals surface area (Å²) >= 11 is 10.8. The summed E-state index contributed by atoms with van der Waals surface area (Å²) < 4.78 is 5.46. The second-order valence-electron chi connectivity index (χ2n) is 4.43. The Kier molecular flexibility index (Phi) is 5.58. The van der Waals surface area contributed by atoms with E-state index < -0.39 is 0 Å². The van der Waals surface area contributed by atoms with Crippen LogP contribution in [0.2, 0.25) is 5.02 Å². The lowest BCUT2D eigenvalue weighted by atomic mass is 10.2. The molecule has 2 rings (SSSR count). The average Bonchev–Trinajstić information content (AvgIpc) is 2.96. The number of nitrogens with one attached hydrogen (secondary N) is 3. The summed E-state index contributed by atoms with van der Waals surface area (Å²) in [6, 6.07) is 6.60. The van der Waals surface area contributed by atoms with E-state index in [1.807, 2.05) is 0 Å². The maximum Gasteiger partial charge on any atom is 0.269 e.